The molecule has 1 aromatic heterocycles. The van der Waals surface area contributed by atoms with Gasteiger partial charge in [0.05, 0.1) is 11.3 Å². The van der Waals surface area contributed by atoms with Gasteiger partial charge < -0.3 is 5.73 Å². The van der Waals surface area contributed by atoms with Gasteiger partial charge in [-0.25, -0.2) is 4.98 Å². The van der Waals surface area contributed by atoms with Crippen molar-refractivity contribution in [2.45, 2.75) is 26.2 Å². The number of halogens is 1. The smallest absolute Gasteiger partial charge is 0.259 e. The van der Waals surface area contributed by atoms with E-state index in [4.69, 9.17) is 5.73 Å². The highest BCUT2D eigenvalue weighted by Gasteiger charge is 2.19. The number of anilines is 2. The van der Waals surface area contributed by atoms with Crippen LogP contribution in [0.15, 0.2) is 28.1 Å². The zero-order valence-electron chi connectivity index (χ0n) is 11.5. The van der Waals surface area contributed by atoms with Crippen LogP contribution in [0.5, 0.6) is 0 Å². The normalized spacial score (nSPS) is 11.4. The first-order valence-corrected chi connectivity index (χ1v) is 7.77. The molecule has 0 saturated carbocycles. The molecule has 20 heavy (non-hydrogen) atoms. The number of thiazole rings is 1. The number of nitrogens with zero attached hydrogens (tertiary/aromatic N) is 1. The molecule has 1 aromatic carbocycles. The van der Waals surface area contributed by atoms with E-state index in [1.54, 1.807) is 18.2 Å². The maximum absolute atomic E-state index is 12.2. The summed E-state index contributed by atoms with van der Waals surface area (Å²) in [6.07, 6.45) is 0. The summed E-state index contributed by atoms with van der Waals surface area (Å²) >= 11 is 4.73. The van der Waals surface area contributed by atoms with Crippen molar-refractivity contribution >= 4 is 44.0 Å². The minimum Gasteiger partial charge on any atom is -0.398 e. The molecule has 1 amide bonds. The number of hydrogen-bond acceptors (Lipinski definition) is 4. The number of carbonyl (C=O) groups is 1. The first-order chi connectivity index (χ1) is 9.27. The molecule has 106 valence electrons. The summed E-state index contributed by atoms with van der Waals surface area (Å²) in [6, 6.07) is 5.18. The van der Waals surface area contributed by atoms with Crippen LogP contribution in [0.3, 0.4) is 0 Å². The van der Waals surface area contributed by atoms with Crippen LogP contribution in [0.1, 0.15) is 36.8 Å². The van der Waals surface area contributed by atoms with Gasteiger partial charge >= 0.3 is 0 Å². The molecular weight excluding hydrogens is 338 g/mol. The van der Waals surface area contributed by atoms with E-state index in [-0.39, 0.29) is 11.3 Å². The van der Waals surface area contributed by atoms with Crippen molar-refractivity contribution in [1.29, 1.82) is 0 Å². The third-order valence-corrected chi connectivity index (χ3v) is 4.00. The fourth-order valence-corrected chi connectivity index (χ4v) is 2.89. The lowest BCUT2D eigenvalue weighted by Gasteiger charge is -2.14. The summed E-state index contributed by atoms with van der Waals surface area (Å²) in [5, 5.41) is 5.33. The third kappa shape index (κ3) is 3.37. The van der Waals surface area contributed by atoms with E-state index in [9.17, 15) is 4.79 Å². The van der Waals surface area contributed by atoms with E-state index >= 15 is 0 Å². The second-order valence-corrected chi connectivity index (χ2v) is 7.25. The van der Waals surface area contributed by atoms with Gasteiger partial charge in [0.1, 0.15) is 0 Å². The molecule has 0 fully saturated rings. The molecule has 6 heteroatoms. The Morgan fingerprint density at radius 1 is 1.40 bits per heavy atom. The topological polar surface area (TPSA) is 68.0 Å². The number of nitrogen functional groups attached to an aromatic ring is 1. The Hall–Kier alpha value is -1.40. The van der Waals surface area contributed by atoms with Gasteiger partial charge in [0.2, 0.25) is 0 Å². The van der Waals surface area contributed by atoms with Crippen LogP contribution < -0.4 is 11.1 Å². The second kappa shape index (κ2) is 5.54. The Bertz CT molecular complexity index is 646. The summed E-state index contributed by atoms with van der Waals surface area (Å²) in [6.45, 7) is 6.25. The predicted molar refractivity (Wildman–Crippen MR) is 87.3 cm³/mol. The molecule has 2 aromatic rings. The molecule has 0 aliphatic rings. The van der Waals surface area contributed by atoms with Crippen LogP contribution in [0.4, 0.5) is 10.8 Å². The van der Waals surface area contributed by atoms with E-state index in [1.807, 2.05) is 5.38 Å². The number of benzene rings is 1. The third-order valence-electron chi connectivity index (χ3n) is 2.75. The molecule has 0 spiro atoms. The Balaban J connectivity index is 2.17. The van der Waals surface area contributed by atoms with Crippen LogP contribution in [0.25, 0.3) is 0 Å². The fourth-order valence-electron chi connectivity index (χ4n) is 1.58. The number of rotatable bonds is 2. The maximum atomic E-state index is 12.2. The number of nitrogens with two attached hydrogens (primary N) is 1. The van der Waals surface area contributed by atoms with E-state index in [2.05, 4.69) is 47.0 Å². The zero-order chi connectivity index (χ0) is 14.9. The number of carbonyl (C=O) groups excluding carboxylic acids is 1. The van der Waals surface area contributed by atoms with Crippen molar-refractivity contribution in [3.05, 3.63) is 39.3 Å². The number of aromatic nitrogens is 1. The lowest BCUT2D eigenvalue weighted by Crippen LogP contribution is -2.15. The molecule has 3 N–H and O–H groups in total. The average molecular weight is 354 g/mol. The molecule has 0 radical (unpaired) electrons. The number of hydrogen-bond donors (Lipinski definition) is 2. The van der Waals surface area contributed by atoms with Crippen molar-refractivity contribution < 1.29 is 4.79 Å². The second-order valence-electron chi connectivity index (χ2n) is 5.47. The summed E-state index contributed by atoms with van der Waals surface area (Å²) in [5.41, 5.74) is 7.65. The van der Waals surface area contributed by atoms with Gasteiger partial charge in [-0.3, -0.25) is 10.1 Å². The van der Waals surface area contributed by atoms with Crippen LogP contribution in [0, 0.1) is 0 Å². The van der Waals surface area contributed by atoms with Crippen molar-refractivity contribution in [1.82, 2.24) is 4.98 Å². The molecule has 0 saturated heterocycles. The molecule has 1 heterocycles. The number of nitrogens with one attached hydrogen (secondary N) is 1. The van der Waals surface area contributed by atoms with Crippen LogP contribution in [0.2, 0.25) is 0 Å². The first-order valence-electron chi connectivity index (χ1n) is 6.10. The lowest BCUT2D eigenvalue weighted by atomic mass is 9.93. The largest absolute Gasteiger partial charge is 0.398 e. The summed E-state index contributed by atoms with van der Waals surface area (Å²) in [7, 11) is 0. The Morgan fingerprint density at radius 2 is 2.10 bits per heavy atom. The molecule has 0 aliphatic heterocycles. The number of amides is 1. The Labute approximate surface area is 130 Å². The maximum Gasteiger partial charge on any atom is 0.259 e. The van der Waals surface area contributed by atoms with Crippen molar-refractivity contribution in [2.24, 2.45) is 0 Å². The zero-order valence-corrected chi connectivity index (χ0v) is 13.9. The standard InChI is InChI=1S/C14H16BrN3OS/c1-14(2,3)11-7-20-13(17-11)18-12(19)9-5-4-8(15)6-10(9)16/h4-7H,16H2,1-3H3,(H,17,18,19). The van der Waals surface area contributed by atoms with Gasteiger partial charge in [-0.1, -0.05) is 36.7 Å². The highest BCUT2D eigenvalue weighted by atomic mass is 79.9. The fraction of sp³-hybridized carbons (Fsp3) is 0.286. The molecule has 4 nitrogen and oxygen atoms in total. The molecule has 2 rings (SSSR count). The predicted octanol–water partition coefficient (Wildman–Crippen LogP) is 4.04. The van der Waals surface area contributed by atoms with E-state index in [0.717, 1.165) is 10.2 Å². The van der Waals surface area contributed by atoms with Crippen molar-refractivity contribution in [3.8, 4) is 0 Å². The van der Waals surface area contributed by atoms with Gasteiger partial charge in [-0.15, -0.1) is 11.3 Å². The monoisotopic (exact) mass is 353 g/mol. The van der Waals surface area contributed by atoms with Gasteiger partial charge in [0.15, 0.2) is 5.13 Å². The lowest BCUT2D eigenvalue weighted by molar-refractivity contribution is 0.102. The van der Waals surface area contributed by atoms with Gasteiger partial charge in [0, 0.05) is 21.0 Å². The molecule has 0 bridgehead atoms. The Kier molecular flexibility index (Phi) is 4.15. The van der Waals surface area contributed by atoms with Crippen molar-refractivity contribution in [2.75, 3.05) is 11.1 Å². The van der Waals surface area contributed by atoms with Crippen LogP contribution in [-0.4, -0.2) is 10.9 Å². The minimum absolute atomic E-state index is 0.0316. The molecule has 0 atom stereocenters. The molecule has 0 aliphatic carbocycles. The summed E-state index contributed by atoms with van der Waals surface area (Å²) in [4.78, 5) is 16.6. The van der Waals surface area contributed by atoms with Crippen LogP contribution >= 0.6 is 27.3 Å². The SMILES string of the molecule is CC(C)(C)c1csc(NC(=O)c2ccc(Br)cc2N)n1. The van der Waals surface area contributed by atoms with E-state index in [1.165, 1.54) is 11.3 Å². The quantitative estimate of drug-likeness (QED) is 0.800. The highest BCUT2D eigenvalue weighted by molar-refractivity contribution is 9.10. The molecule has 0 unspecified atom stereocenters. The van der Waals surface area contributed by atoms with Gasteiger partial charge in [-0.05, 0) is 18.2 Å². The summed E-state index contributed by atoms with van der Waals surface area (Å²) < 4.78 is 0.843. The van der Waals surface area contributed by atoms with Crippen LogP contribution in [-0.2, 0) is 5.41 Å². The van der Waals surface area contributed by atoms with Crippen molar-refractivity contribution in [3.63, 3.8) is 0 Å². The first kappa shape index (κ1) is 15.0. The molecular formula is C14H16BrN3OS. The average Bonchev–Trinajstić information content (AvgIpc) is 2.76. The summed E-state index contributed by atoms with van der Waals surface area (Å²) in [5.74, 6) is -0.246. The van der Waals surface area contributed by atoms with Gasteiger partial charge in [0.25, 0.3) is 5.91 Å². The van der Waals surface area contributed by atoms with E-state index < -0.39 is 0 Å². The Morgan fingerprint density at radius 3 is 2.65 bits per heavy atom. The van der Waals surface area contributed by atoms with E-state index in [0.29, 0.717) is 16.4 Å². The highest BCUT2D eigenvalue weighted by Crippen LogP contribution is 2.27. The minimum atomic E-state index is -0.246. The van der Waals surface area contributed by atoms with Gasteiger partial charge in [-0.2, -0.15) is 0 Å².